The van der Waals surface area contributed by atoms with E-state index in [1.165, 1.54) is 7.11 Å². The van der Waals surface area contributed by atoms with Crippen molar-refractivity contribution in [3.05, 3.63) is 29.3 Å². The fraction of sp³-hybridized carbons (Fsp3) is 0.562. The van der Waals surface area contributed by atoms with Crippen molar-refractivity contribution in [2.45, 2.75) is 39.3 Å². The number of nitrogens with zero attached hydrogens (tertiary/aromatic N) is 1. The van der Waals surface area contributed by atoms with Crippen LogP contribution in [0.15, 0.2) is 18.2 Å². The van der Waals surface area contributed by atoms with Gasteiger partial charge in [0.1, 0.15) is 0 Å². The number of likely N-dealkylation sites (tertiary alicyclic amines) is 1. The molecule has 1 unspecified atom stereocenters. The zero-order valence-electron chi connectivity index (χ0n) is 12.8. The van der Waals surface area contributed by atoms with Gasteiger partial charge in [0.15, 0.2) is 0 Å². The predicted molar refractivity (Wildman–Crippen MR) is 81.3 cm³/mol. The van der Waals surface area contributed by atoms with Crippen molar-refractivity contribution in [1.82, 2.24) is 4.90 Å². The molecule has 0 bridgehead atoms. The summed E-state index contributed by atoms with van der Waals surface area (Å²) in [5, 5.41) is 3.58. The number of carbonyl (C=O) groups is 1. The van der Waals surface area contributed by atoms with Gasteiger partial charge in [0, 0.05) is 30.9 Å². The van der Waals surface area contributed by atoms with E-state index in [2.05, 4.69) is 24.1 Å². The molecule has 0 amide bonds. The van der Waals surface area contributed by atoms with Crippen LogP contribution in [0.4, 0.5) is 5.69 Å². The summed E-state index contributed by atoms with van der Waals surface area (Å²) in [6, 6.07) is 6.75. The summed E-state index contributed by atoms with van der Waals surface area (Å²) in [6.45, 7) is 8.71. The Hall–Kier alpha value is -1.55. The van der Waals surface area contributed by atoms with Crippen LogP contribution < -0.4 is 5.32 Å². The summed E-state index contributed by atoms with van der Waals surface area (Å²) in [6.07, 6.45) is 1.16. The van der Waals surface area contributed by atoms with Crippen molar-refractivity contribution in [3.63, 3.8) is 0 Å². The van der Waals surface area contributed by atoms with Crippen molar-refractivity contribution in [2.75, 3.05) is 25.5 Å². The number of benzene rings is 1. The molecule has 1 atom stereocenters. The van der Waals surface area contributed by atoms with Gasteiger partial charge < -0.3 is 10.1 Å². The van der Waals surface area contributed by atoms with Gasteiger partial charge in [-0.25, -0.2) is 4.79 Å². The molecule has 4 heteroatoms. The summed E-state index contributed by atoms with van der Waals surface area (Å²) in [4.78, 5) is 14.0. The van der Waals surface area contributed by atoms with Crippen LogP contribution >= 0.6 is 0 Å². The number of hydrogen-bond donors (Lipinski definition) is 1. The second-order valence-corrected chi connectivity index (χ2v) is 5.74. The Morgan fingerprint density at radius 3 is 2.75 bits per heavy atom. The Kier molecular flexibility index (Phi) is 4.65. The lowest BCUT2D eigenvalue weighted by atomic mass is 10.1. The van der Waals surface area contributed by atoms with E-state index in [0.717, 1.165) is 30.8 Å². The number of hydrogen-bond acceptors (Lipinski definition) is 4. The molecule has 1 saturated heterocycles. The zero-order chi connectivity index (χ0) is 14.7. The van der Waals surface area contributed by atoms with Gasteiger partial charge in [-0.3, -0.25) is 4.90 Å². The van der Waals surface area contributed by atoms with Gasteiger partial charge in [-0.15, -0.1) is 0 Å². The van der Waals surface area contributed by atoms with Crippen molar-refractivity contribution >= 4 is 11.7 Å². The standard InChI is InChI=1S/C16H24N2O2/c1-11(2)18-8-7-14(10-18)17-15-6-5-13(9-12(15)3)16(19)20-4/h5-6,9,11,14,17H,7-8,10H2,1-4H3. The number of nitrogens with one attached hydrogen (secondary N) is 1. The molecule has 4 nitrogen and oxygen atoms in total. The molecule has 20 heavy (non-hydrogen) atoms. The van der Waals surface area contributed by atoms with E-state index in [-0.39, 0.29) is 5.97 Å². The molecule has 1 aromatic carbocycles. The van der Waals surface area contributed by atoms with Gasteiger partial charge in [-0.1, -0.05) is 0 Å². The van der Waals surface area contributed by atoms with Crippen molar-refractivity contribution in [2.24, 2.45) is 0 Å². The van der Waals surface area contributed by atoms with E-state index in [1.54, 1.807) is 0 Å². The van der Waals surface area contributed by atoms with Crippen LogP contribution in [0.25, 0.3) is 0 Å². The second kappa shape index (κ2) is 6.27. The largest absolute Gasteiger partial charge is 0.465 e. The SMILES string of the molecule is COC(=O)c1ccc(NC2CCN(C(C)C)C2)c(C)c1. The molecule has 0 aromatic heterocycles. The van der Waals surface area contributed by atoms with Crippen molar-refractivity contribution < 1.29 is 9.53 Å². The molecule has 1 N–H and O–H groups in total. The van der Waals surface area contributed by atoms with Crippen LogP contribution in [0.2, 0.25) is 0 Å². The molecule has 1 aromatic rings. The van der Waals surface area contributed by atoms with Crippen LogP contribution in [0.5, 0.6) is 0 Å². The summed E-state index contributed by atoms with van der Waals surface area (Å²) in [7, 11) is 1.41. The lowest BCUT2D eigenvalue weighted by Crippen LogP contribution is -2.31. The number of ether oxygens (including phenoxy) is 1. The van der Waals surface area contributed by atoms with Crippen LogP contribution in [-0.4, -0.2) is 43.2 Å². The smallest absolute Gasteiger partial charge is 0.337 e. The quantitative estimate of drug-likeness (QED) is 0.859. The van der Waals surface area contributed by atoms with E-state index in [1.807, 2.05) is 25.1 Å². The van der Waals surface area contributed by atoms with E-state index >= 15 is 0 Å². The number of esters is 1. The Labute approximate surface area is 121 Å². The average molecular weight is 276 g/mol. The second-order valence-electron chi connectivity index (χ2n) is 5.74. The van der Waals surface area contributed by atoms with E-state index in [9.17, 15) is 4.79 Å². The number of rotatable bonds is 4. The highest BCUT2D eigenvalue weighted by Crippen LogP contribution is 2.21. The monoisotopic (exact) mass is 276 g/mol. The zero-order valence-corrected chi connectivity index (χ0v) is 12.8. The number of methoxy groups -OCH3 is 1. The summed E-state index contributed by atoms with van der Waals surface area (Å²) >= 11 is 0. The molecule has 2 rings (SSSR count). The van der Waals surface area contributed by atoms with E-state index in [0.29, 0.717) is 17.6 Å². The molecule has 1 aliphatic rings. The van der Waals surface area contributed by atoms with E-state index < -0.39 is 0 Å². The number of carbonyl (C=O) groups excluding carboxylic acids is 1. The topological polar surface area (TPSA) is 41.6 Å². The normalized spacial score (nSPS) is 19.4. The third kappa shape index (κ3) is 3.31. The molecule has 0 saturated carbocycles. The fourth-order valence-corrected chi connectivity index (χ4v) is 2.66. The van der Waals surface area contributed by atoms with Crippen LogP contribution in [0.3, 0.4) is 0 Å². The molecular formula is C16H24N2O2. The Morgan fingerprint density at radius 2 is 2.20 bits per heavy atom. The maximum Gasteiger partial charge on any atom is 0.337 e. The van der Waals surface area contributed by atoms with Crippen molar-refractivity contribution in [1.29, 1.82) is 0 Å². The summed E-state index contributed by atoms with van der Waals surface area (Å²) < 4.78 is 4.74. The Bertz CT molecular complexity index is 485. The third-order valence-corrected chi connectivity index (χ3v) is 3.96. The molecule has 1 aliphatic heterocycles. The van der Waals surface area contributed by atoms with Crippen LogP contribution in [0.1, 0.15) is 36.2 Å². The molecule has 110 valence electrons. The van der Waals surface area contributed by atoms with Crippen LogP contribution in [0, 0.1) is 6.92 Å². The van der Waals surface area contributed by atoms with Gasteiger partial charge in [-0.2, -0.15) is 0 Å². The Balaban J connectivity index is 2.02. The fourth-order valence-electron chi connectivity index (χ4n) is 2.66. The number of anilines is 1. The molecule has 0 spiro atoms. The minimum Gasteiger partial charge on any atom is -0.465 e. The first-order valence-corrected chi connectivity index (χ1v) is 7.21. The maximum absolute atomic E-state index is 11.5. The summed E-state index contributed by atoms with van der Waals surface area (Å²) in [5.41, 5.74) is 2.79. The number of aryl methyl sites for hydroxylation is 1. The molecule has 1 fully saturated rings. The average Bonchev–Trinajstić information content (AvgIpc) is 2.89. The van der Waals surface area contributed by atoms with Crippen molar-refractivity contribution in [3.8, 4) is 0 Å². The highest BCUT2D eigenvalue weighted by molar-refractivity contribution is 5.90. The first kappa shape index (κ1) is 14.9. The predicted octanol–water partition coefficient (Wildman–Crippen LogP) is 2.68. The van der Waals surface area contributed by atoms with Gasteiger partial charge in [0.2, 0.25) is 0 Å². The Morgan fingerprint density at radius 1 is 1.45 bits per heavy atom. The first-order chi connectivity index (χ1) is 9.51. The highest BCUT2D eigenvalue weighted by atomic mass is 16.5. The molecule has 0 aliphatic carbocycles. The van der Waals surface area contributed by atoms with Crippen LogP contribution in [-0.2, 0) is 4.74 Å². The van der Waals surface area contributed by atoms with Gasteiger partial charge >= 0.3 is 5.97 Å². The van der Waals surface area contributed by atoms with Gasteiger partial charge in [0.25, 0.3) is 0 Å². The highest BCUT2D eigenvalue weighted by Gasteiger charge is 2.24. The minimum absolute atomic E-state index is 0.286. The lowest BCUT2D eigenvalue weighted by molar-refractivity contribution is 0.0600. The van der Waals surface area contributed by atoms with Gasteiger partial charge in [0.05, 0.1) is 12.7 Å². The first-order valence-electron chi connectivity index (χ1n) is 7.21. The molecule has 1 heterocycles. The minimum atomic E-state index is -0.286. The summed E-state index contributed by atoms with van der Waals surface area (Å²) in [5.74, 6) is -0.286. The molecule has 0 radical (unpaired) electrons. The maximum atomic E-state index is 11.5. The van der Waals surface area contributed by atoms with Gasteiger partial charge in [-0.05, 0) is 51.0 Å². The molecular weight excluding hydrogens is 252 g/mol. The lowest BCUT2D eigenvalue weighted by Gasteiger charge is -2.21. The third-order valence-electron chi connectivity index (χ3n) is 3.96. The van der Waals surface area contributed by atoms with E-state index in [4.69, 9.17) is 4.74 Å².